The number of anilines is 6. The van der Waals surface area contributed by atoms with Gasteiger partial charge < -0.3 is 0 Å². The van der Waals surface area contributed by atoms with E-state index in [4.69, 9.17) is 0 Å². The normalized spacial score (nSPS) is 14.7. The van der Waals surface area contributed by atoms with E-state index in [0.29, 0.717) is 11.9 Å². The summed E-state index contributed by atoms with van der Waals surface area (Å²) >= 11 is 0. The predicted molar refractivity (Wildman–Crippen MR) is 306 cm³/mol. The lowest BCUT2D eigenvalue weighted by molar-refractivity contribution is 0.627. The highest BCUT2D eigenvalue weighted by molar-refractivity contribution is 5.89. The Balaban J connectivity index is 0.730. The highest BCUT2D eigenvalue weighted by Crippen LogP contribution is 2.54. The zero-order valence-electron chi connectivity index (χ0n) is 43.5. The second kappa shape index (κ2) is 17.9. The van der Waals surface area contributed by atoms with Crippen molar-refractivity contribution in [3.05, 3.63) is 250 Å². The predicted octanol–water partition coefficient (Wildman–Crippen LogP) is 16.5. The van der Waals surface area contributed by atoms with Gasteiger partial charge in [0.15, 0.2) is 0 Å². The fourth-order valence-corrected chi connectivity index (χ4v) is 12.0. The van der Waals surface area contributed by atoms with Gasteiger partial charge in [-0.2, -0.15) is 0 Å². The van der Waals surface area contributed by atoms with Crippen LogP contribution in [0, 0.1) is 11.6 Å². The molecule has 0 spiro atoms. The van der Waals surface area contributed by atoms with E-state index in [9.17, 15) is 8.78 Å². The molecule has 2 heterocycles. The zero-order valence-corrected chi connectivity index (χ0v) is 43.5. The lowest BCUT2D eigenvalue weighted by Gasteiger charge is -2.26. The van der Waals surface area contributed by atoms with Gasteiger partial charge in [-0.3, -0.25) is 9.80 Å². The first-order chi connectivity index (χ1) is 37.2. The van der Waals surface area contributed by atoms with Crippen LogP contribution in [-0.2, 0) is 16.2 Å². The molecule has 0 unspecified atom stereocenters. The molecule has 10 heteroatoms. The molecule has 374 valence electrons. The maximum absolute atomic E-state index is 14.0. The fourth-order valence-electron chi connectivity index (χ4n) is 12.0. The summed E-state index contributed by atoms with van der Waals surface area (Å²) < 4.78 is 28.1. The van der Waals surface area contributed by atoms with Gasteiger partial charge in [0.25, 0.3) is 0 Å². The topological polar surface area (TPSA) is 83.8 Å². The fraction of sp³-hybridized carbons (Fsp3) is 0.134. The highest BCUT2D eigenvalue weighted by atomic mass is 19.1. The van der Waals surface area contributed by atoms with Crippen LogP contribution < -0.4 is 9.80 Å². The Kier molecular flexibility index (Phi) is 11.1. The molecular formula is C67H52F2N8. The van der Waals surface area contributed by atoms with E-state index < -0.39 is 0 Å². The van der Waals surface area contributed by atoms with Crippen molar-refractivity contribution in [1.82, 2.24) is 29.9 Å². The Morgan fingerprint density at radius 2 is 0.558 bits per heavy atom. The maximum atomic E-state index is 14.0. The second-order valence-corrected chi connectivity index (χ2v) is 21.7. The van der Waals surface area contributed by atoms with Crippen molar-refractivity contribution in [3.63, 3.8) is 0 Å². The number of benzene rings is 8. The lowest BCUT2D eigenvalue weighted by Crippen LogP contribution is -2.17. The van der Waals surface area contributed by atoms with Crippen LogP contribution in [0.1, 0.15) is 97.2 Å². The largest absolute Gasteiger partial charge is 0.279 e. The van der Waals surface area contributed by atoms with Gasteiger partial charge in [0.05, 0.1) is 0 Å². The monoisotopic (exact) mass is 1010 g/mol. The molecule has 0 radical (unpaired) electrons. The van der Waals surface area contributed by atoms with E-state index >= 15 is 0 Å². The van der Waals surface area contributed by atoms with Gasteiger partial charge >= 0.3 is 0 Å². The van der Waals surface area contributed by atoms with Gasteiger partial charge in [0.2, 0.25) is 11.9 Å². The summed E-state index contributed by atoms with van der Waals surface area (Å²) in [4.78, 5) is 29.8. The Labute approximate surface area is 446 Å². The summed E-state index contributed by atoms with van der Waals surface area (Å²) in [6.45, 7) is 13.8. The minimum Gasteiger partial charge on any atom is -0.279 e. The molecule has 77 heavy (non-hydrogen) atoms. The number of rotatable bonds is 10. The van der Waals surface area contributed by atoms with Crippen LogP contribution in [0.5, 0.6) is 0 Å². The summed E-state index contributed by atoms with van der Waals surface area (Å²) in [5, 5.41) is 0. The number of nitrogens with zero attached hydrogens (tertiary/aromatic N) is 8. The minimum atomic E-state index is -0.305. The van der Waals surface area contributed by atoms with Crippen LogP contribution in [0.25, 0.3) is 57.7 Å². The first-order valence-corrected chi connectivity index (χ1v) is 25.8. The molecule has 8 aromatic carbocycles. The van der Waals surface area contributed by atoms with Crippen LogP contribution in [0.3, 0.4) is 0 Å². The van der Waals surface area contributed by atoms with Gasteiger partial charge in [0.1, 0.15) is 36.9 Å². The van der Waals surface area contributed by atoms with Crippen molar-refractivity contribution in [2.75, 3.05) is 9.80 Å². The standard InChI is InChI=1S/C67H52F2N8/c1-65(2)57-31-41(7-9-43-13-27-53-55-29-23-49(35-61(55)66(3,4)59(53)33-43)76(63-72-37-70-38-73-63)47-19-15-45(68)16-20-47)11-25-51(57)52-26-12-42(32-58(52)65)8-10-44-14-28-54-56-30-24-50(36-62(56)67(5,6)60(54)34-44)77(64-74-39-71-40-75-64)48-21-17-46(69)18-22-48/h7-40H,1-6H3/b9-7+,10-8+. The summed E-state index contributed by atoms with van der Waals surface area (Å²) in [5.74, 6) is 0.301. The van der Waals surface area contributed by atoms with Crippen LogP contribution in [0.2, 0.25) is 0 Å². The van der Waals surface area contributed by atoms with Crippen molar-refractivity contribution < 1.29 is 8.78 Å². The molecule has 0 N–H and O–H groups in total. The van der Waals surface area contributed by atoms with Gasteiger partial charge in [-0.15, -0.1) is 0 Å². The number of aromatic nitrogens is 6. The molecule has 2 aromatic heterocycles. The quantitative estimate of drug-likeness (QED) is 0.125. The molecule has 8 nitrogen and oxygen atoms in total. The van der Waals surface area contributed by atoms with E-state index in [1.54, 1.807) is 24.3 Å². The molecule has 0 atom stereocenters. The molecule has 10 aromatic rings. The first-order valence-electron chi connectivity index (χ1n) is 25.8. The number of fused-ring (bicyclic) bond motifs is 9. The van der Waals surface area contributed by atoms with E-state index in [1.807, 2.05) is 9.80 Å². The first kappa shape index (κ1) is 47.4. The molecule has 0 saturated carbocycles. The van der Waals surface area contributed by atoms with Gasteiger partial charge in [-0.05, 0) is 162 Å². The Morgan fingerprint density at radius 1 is 0.312 bits per heavy atom. The third-order valence-electron chi connectivity index (χ3n) is 16.1. The molecule has 0 amide bonds. The van der Waals surface area contributed by atoms with Crippen molar-refractivity contribution in [2.45, 2.75) is 57.8 Å². The van der Waals surface area contributed by atoms with Gasteiger partial charge in [-0.25, -0.2) is 38.7 Å². The molecule has 0 saturated heterocycles. The van der Waals surface area contributed by atoms with E-state index in [0.717, 1.165) is 45.0 Å². The summed E-state index contributed by atoms with van der Waals surface area (Å²) in [5.41, 5.74) is 22.0. The molecule has 0 aliphatic heterocycles. The van der Waals surface area contributed by atoms with Gasteiger partial charge in [0, 0.05) is 39.0 Å². The van der Waals surface area contributed by atoms with E-state index in [-0.39, 0.29) is 27.9 Å². The number of hydrogen-bond donors (Lipinski definition) is 0. The van der Waals surface area contributed by atoms with Crippen molar-refractivity contribution in [2.24, 2.45) is 0 Å². The van der Waals surface area contributed by atoms with Crippen molar-refractivity contribution in [3.8, 4) is 33.4 Å². The summed E-state index contributed by atoms with van der Waals surface area (Å²) in [6, 6.07) is 53.0. The van der Waals surface area contributed by atoms with E-state index in [2.05, 4.69) is 205 Å². The van der Waals surface area contributed by atoms with Crippen LogP contribution in [0.15, 0.2) is 183 Å². The average molecular weight is 1010 g/mol. The molecule has 0 bridgehead atoms. The smallest absolute Gasteiger partial charge is 0.237 e. The maximum Gasteiger partial charge on any atom is 0.237 e. The minimum absolute atomic E-state index is 0.200. The summed E-state index contributed by atoms with van der Waals surface area (Å²) in [7, 11) is 0. The molecule has 3 aliphatic carbocycles. The van der Waals surface area contributed by atoms with Crippen LogP contribution in [-0.4, -0.2) is 29.9 Å². The van der Waals surface area contributed by atoms with Crippen molar-refractivity contribution in [1.29, 1.82) is 0 Å². The Bertz CT molecular complexity index is 3780. The zero-order chi connectivity index (χ0) is 52.8. The molecule has 0 fully saturated rings. The SMILES string of the molecule is CC1(C)c2cc(/C=C/c3ccc4c(c3)C(C)(C)c3cc(N(c5ccc(F)cc5)c5ncncn5)ccc3-4)ccc2-c2ccc(/C=C/c3ccc4c(c3)C(C)(C)c3cc(N(c5ccc(F)cc5)c5ncncn5)ccc3-4)cc21. The highest BCUT2D eigenvalue weighted by Gasteiger charge is 2.39. The van der Waals surface area contributed by atoms with Gasteiger partial charge in [-0.1, -0.05) is 151 Å². The molecular weight excluding hydrogens is 955 g/mol. The number of halogens is 2. The second-order valence-electron chi connectivity index (χ2n) is 21.7. The third-order valence-corrected chi connectivity index (χ3v) is 16.1. The Morgan fingerprint density at radius 3 is 0.844 bits per heavy atom. The van der Waals surface area contributed by atoms with Crippen LogP contribution >= 0.6 is 0 Å². The van der Waals surface area contributed by atoms with Crippen molar-refractivity contribution >= 4 is 59.0 Å². The number of hydrogen-bond acceptors (Lipinski definition) is 8. The third kappa shape index (κ3) is 8.02. The lowest BCUT2D eigenvalue weighted by atomic mass is 9.81. The summed E-state index contributed by atoms with van der Waals surface area (Å²) in [6.07, 6.45) is 14.8. The average Bonchev–Trinajstić information content (AvgIpc) is 4.07. The molecule has 13 rings (SSSR count). The Hall–Kier alpha value is -9.28. The molecule has 3 aliphatic rings. The van der Waals surface area contributed by atoms with E-state index in [1.165, 1.54) is 116 Å². The van der Waals surface area contributed by atoms with Crippen LogP contribution in [0.4, 0.5) is 43.4 Å².